The number of thioether (sulfide) groups is 1. The molecule has 0 N–H and O–H groups in total. The summed E-state index contributed by atoms with van der Waals surface area (Å²) in [7, 11) is 0. The van der Waals surface area contributed by atoms with Crippen LogP contribution in [0, 0.1) is 10.1 Å². The maximum Gasteiger partial charge on any atom is 0.279 e. The molecule has 3 aromatic rings. The minimum atomic E-state index is -0.428. The van der Waals surface area contributed by atoms with Gasteiger partial charge in [-0.3, -0.25) is 14.9 Å². The molecule has 0 saturated carbocycles. The number of non-ortho nitro benzene ring substituents is 1. The number of fused-ring (bicyclic) bond motifs is 2. The number of aromatic nitrogens is 1. The maximum absolute atomic E-state index is 12.8. The molecule has 1 aliphatic rings. The Labute approximate surface area is 173 Å². The highest BCUT2D eigenvalue weighted by Gasteiger charge is 2.16. The molecule has 0 radical (unpaired) electrons. The monoisotopic (exact) mass is 431 g/mol. The maximum atomic E-state index is 12.8. The van der Waals surface area contributed by atoms with Crippen LogP contribution in [0.1, 0.15) is 10.4 Å². The number of hydrogen-bond acceptors (Lipinski definition) is 7. The molecule has 8 nitrogen and oxygen atoms in total. The van der Waals surface area contributed by atoms with Crippen molar-refractivity contribution >= 4 is 44.9 Å². The Hall–Kier alpha value is -2.85. The number of thiazole rings is 1. The number of rotatable bonds is 5. The van der Waals surface area contributed by atoms with E-state index in [-0.39, 0.29) is 5.69 Å². The van der Waals surface area contributed by atoms with Crippen molar-refractivity contribution in [3.63, 3.8) is 0 Å². The van der Waals surface area contributed by atoms with E-state index in [0.29, 0.717) is 46.3 Å². The first-order chi connectivity index (χ1) is 14.1. The second-order valence-corrected chi connectivity index (χ2v) is 8.21. The van der Waals surface area contributed by atoms with Crippen molar-refractivity contribution in [2.75, 3.05) is 25.2 Å². The van der Waals surface area contributed by atoms with Gasteiger partial charge in [-0.15, -0.1) is 0 Å². The summed E-state index contributed by atoms with van der Waals surface area (Å²) < 4.78 is 13.7. The second kappa shape index (κ2) is 8.26. The molecule has 0 saturated heterocycles. The van der Waals surface area contributed by atoms with Gasteiger partial charge in [0.25, 0.3) is 11.6 Å². The van der Waals surface area contributed by atoms with Crippen LogP contribution in [0.4, 0.5) is 5.69 Å². The number of carbonyl (C=O) groups excluding carboxylic acids is 1. The van der Waals surface area contributed by atoms with Crippen LogP contribution in [-0.2, 0) is 6.54 Å². The number of hydrogen-bond donors (Lipinski definition) is 0. The van der Waals surface area contributed by atoms with Gasteiger partial charge >= 0.3 is 0 Å². The lowest BCUT2D eigenvalue weighted by molar-refractivity contribution is -0.384. The predicted molar refractivity (Wildman–Crippen MR) is 112 cm³/mol. The lowest BCUT2D eigenvalue weighted by Crippen LogP contribution is -2.18. The highest BCUT2D eigenvalue weighted by molar-refractivity contribution is 7.98. The fraction of sp³-hybridized carbons (Fsp3) is 0.263. The highest BCUT2D eigenvalue weighted by Crippen LogP contribution is 2.31. The standard InChI is InChI=1S/C19H17N3O5S2/c1-28-9-6-21-14-4-3-13(22(24)25)11-17(14)29-19(21)20-18(23)12-2-5-15-16(10-12)27-8-7-26-15/h2-5,10-11H,6-9H2,1H3. The van der Waals surface area contributed by atoms with Gasteiger partial charge < -0.3 is 14.0 Å². The van der Waals surface area contributed by atoms with Crippen molar-refractivity contribution in [1.29, 1.82) is 0 Å². The number of aryl methyl sites for hydroxylation is 1. The molecule has 10 heteroatoms. The third kappa shape index (κ3) is 3.99. The molecule has 0 spiro atoms. The van der Waals surface area contributed by atoms with Crippen LogP contribution in [0.5, 0.6) is 11.5 Å². The Bertz CT molecular complexity index is 1170. The smallest absolute Gasteiger partial charge is 0.279 e. The molecule has 0 atom stereocenters. The van der Waals surface area contributed by atoms with Gasteiger partial charge in [-0.05, 0) is 30.5 Å². The molecular formula is C19H17N3O5S2. The molecule has 0 unspecified atom stereocenters. The summed E-state index contributed by atoms with van der Waals surface area (Å²) in [4.78, 5) is 28.3. The summed E-state index contributed by atoms with van der Waals surface area (Å²) in [5.74, 6) is 1.56. The van der Waals surface area contributed by atoms with Gasteiger partial charge in [-0.25, -0.2) is 0 Å². The zero-order valence-corrected chi connectivity index (χ0v) is 17.1. The zero-order chi connectivity index (χ0) is 20.4. The third-order valence-electron chi connectivity index (χ3n) is 4.38. The number of nitrogens with zero attached hydrogens (tertiary/aromatic N) is 3. The first-order valence-corrected chi connectivity index (χ1v) is 11.0. The van der Waals surface area contributed by atoms with Crippen molar-refractivity contribution in [2.24, 2.45) is 4.99 Å². The Morgan fingerprint density at radius 1 is 1.24 bits per heavy atom. The average Bonchev–Trinajstić information content (AvgIpc) is 3.07. The van der Waals surface area contributed by atoms with E-state index in [4.69, 9.17) is 9.47 Å². The van der Waals surface area contributed by atoms with Gasteiger partial charge in [-0.1, -0.05) is 11.3 Å². The molecule has 2 heterocycles. The van der Waals surface area contributed by atoms with Gasteiger partial charge in [0.2, 0.25) is 0 Å². The van der Waals surface area contributed by atoms with E-state index in [0.717, 1.165) is 11.3 Å². The lowest BCUT2D eigenvalue weighted by atomic mass is 10.2. The van der Waals surface area contributed by atoms with Crippen LogP contribution in [-0.4, -0.2) is 40.6 Å². The average molecular weight is 431 g/mol. The van der Waals surface area contributed by atoms with Gasteiger partial charge in [-0.2, -0.15) is 16.8 Å². The molecule has 4 rings (SSSR count). The molecule has 1 amide bonds. The fourth-order valence-electron chi connectivity index (χ4n) is 2.99. The predicted octanol–water partition coefficient (Wildman–Crippen LogP) is 3.49. The van der Waals surface area contributed by atoms with E-state index < -0.39 is 10.8 Å². The van der Waals surface area contributed by atoms with Crippen molar-refractivity contribution in [2.45, 2.75) is 6.54 Å². The Balaban J connectivity index is 1.77. The van der Waals surface area contributed by atoms with Gasteiger partial charge in [0.05, 0.1) is 15.1 Å². The van der Waals surface area contributed by atoms with Crippen molar-refractivity contribution in [3.05, 3.63) is 56.9 Å². The van der Waals surface area contributed by atoms with Gasteiger partial charge in [0.15, 0.2) is 16.3 Å². The van der Waals surface area contributed by atoms with Crippen molar-refractivity contribution in [3.8, 4) is 11.5 Å². The third-order valence-corrected chi connectivity index (χ3v) is 6.01. The highest BCUT2D eigenvalue weighted by atomic mass is 32.2. The van der Waals surface area contributed by atoms with Crippen LogP contribution < -0.4 is 14.3 Å². The first kappa shape index (κ1) is 19.5. The Morgan fingerprint density at radius 2 is 2.03 bits per heavy atom. The largest absolute Gasteiger partial charge is 0.486 e. The summed E-state index contributed by atoms with van der Waals surface area (Å²) in [5, 5.41) is 11.1. The number of nitro benzene ring substituents is 1. The van der Waals surface area contributed by atoms with E-state index in [1.165, 1.54) is 23.5 Å². The number of benzene rings is 2. The van der Waals surface area contributed by atoms with Gasteiger partial charge in [0.1, 0.15) is 13.2 Å². The van der Waals surface area contributed by atoms with Crippen LogP contribution in [0.3, 0.4) is 0 Å². The minimum absolute atomic E-state index is 0.0143. The normalized spacial score (nSPS) is 13.6. The van der Waals surface area contributed by atoms with E-state index in [1.807, 2.05) is 10.8 Å². The molecule has 150 valence electrons. The second-order valence-electron chi connectivity index (χ2n) is 6.21. The van der Waals surface area contributed by atoms with Crippen LogP contribution in [0.15, 0.2) is 41.4 Å². The Kier molecular flexibility index (Phi) is 5.54. The molecule has 1 aliphatic heterocycles. The molecule has 29 heavy (non-hydrogen) atoms. The van der Waals surface area contributed by atoms with Crippen LogP contribution >= 0.6 is 23.1 Å². The number of ether oxygens (including phenoxy) is 2. The van der Waals surface area contributed by atoms with Crippen LogP contribution in [0.2, 0.25) is 0 Å². The van der Waals surface area contributed by atoms with E-state index >= 15 is 0 Å². The summed E-state index contributed by atoms with van der Waals surface area (Å²) in [6.07, 6.45) is 2.00. The topological polar surface area (TPSA) is 96.0 Å². The van der Waals surface area contributed by atoms with Crippen molar-refractivity contribution < 1.29 is 19.2 Å². The number of carbonyl (C=O) groups is 1. The Morgan fingerprint density at radius 3 is 2.79 bits per heavy atom. The summed E-state index contributed by atoms with van der Waals surface area (Å²) in [6, 6.07) is 9.68. The zero-order valence-electron chi connectivity index (χ0n) is 15.5. The first-order valence-electron chi connectivity index (χ1n) is 8.82. The van der Waals surface area contributed by atoms with Gasteiger partial charge in [0, 0.05) is 30.0 Å². The molecule has 0 fully saturated rings. The van der Waals surface area contributed by atoms with Crippen molar-refractivity contribution in [1.82, 2.24) is 4.57 Å². The van der Waals surface area contributed by atoms with E-state index in [9.17, 15) is 14.9 Å². The summed E-state index contributed by atoms with van der Waals surface area (Å²) >= 11 is 2.94. The molecule has 0 bridgehead atoms. The van der Waals surface area contributed by atoms with Crippen LogP contribution in [0.25, 0.3) is 10.2 Å². The minimum Gasteiger partial charge on any atom is -0.486 e. The van der Waals surface area contributed by atoms with E-state index in [2.05, 4.69) is 4.99 Å². The fourth-order valence-corrected chi connectivity index (χ4v) is 4.44. The molecular weight excluding hydrogens is 414 g/mol. The lowest BCUT2D eigenvalue weighted by Gasteiger charge is -2.18. The quantitative estimate of drug-likeness (QED) is 0.453. The SMILES string of the molecule is CSCCn1c(=NC(=O)c2ccc3c(c2)OCCO3)sc2cc([N+](=O)[O-])ccc21. The summed E-state index contributed by atoms with van der Waals surface area (Å²) in [6.45, 7) is 1.56. The molecule has 2 aromatic carbocycles. The molecule has 1 aromatic heterocycles. The molecule has 0 aliphatic carbocycles. The van der Waals surface area contributed by atoms with E-state index in [1.54, 1.807) is 36.0 Å². The summed E-state index contributed by atoms with van der Waals surface area (Å²) in [5.41, 5.74) is 1.23. The number of nitro groups is 1. The number of amides is 1.